The number of hydrogen-bond donors (Lipinski definition) is 0. The van der Waals surface area contributed by atoms with Crippen molar-refractivity contribution in [2.24, 2.45) is 0 Å². The highest BCUT2D eigenvalue weighted by Gasteiger charge is 2.26. The third kappa shape index (κ3) is 1.80. The molecule has 2 aromatic rings. The second-order valence-corrected chi connectivity index (χ2v) is 10.2. The van der Waals surface area contributed by atoms with Crippen LogP contribution in [0.25, 0.3) is 5.52 Å². The van der Waals surface area contributed by atoms with E-state index < -0.39 is 8.24 Å². The van der Waals surface area contributed by atoms with Gasteiger partial charge in [0.15, 0.2) is 14.1 Å². The van der Waals surface area contributed by atoms with Crippen LogP contribution in [0.3, 0.4) is 0 Å². The predicted octanol–water partition coefficient (Wildman–Crippen LogP) is 2.83. The van der Waals surface area contributed by atoms with Crippen molar-refractivity contribution in [2.75, 3.05) is 4.08 Å². The molecule has 0 unspecified atom stereocenters. The molecule has 0 fully saturated rings. The second-order valence-electron chi connectivity index (χ2n) is 4.81. The van der Waals surface area contributed by atoms with E-state index in [9.17, 15) is 0 Å². The zero-order valence-corrected chi connectivity index (χ0v) is 11.7. The van der Waals surface area contributed by atoms with Crippen LogP contribution in [-0.4, -0.2) is 22.8 Å². The monoisotopic (exact) mass is 254 g/mol. The summed E-state index contributed by atoms with van der Waals surface area (Å²) in [5.41, 5.74) is 2.04. The highest BCUT2D eigenvalue weighted by atomic mass is 35.5. The number of nitrogens with zero attached hydrogens (tertiary/aromatic N) is 4. The summed E-state index contributed by atoms with van der Waals surface area (Å²) < 4.78 is 3.64. The molecule has 6 heteroatoms. The van der Waals surface area contributed by atoms with Crippen LogP contribution >= 0.6 is 11.8 Å². The van der Waals surface area contributed by atoms with Gasteiger partial charge in [0.25, 0.3) is 0 Å². The molecule has 86 valence electrons. The summed E-state index contributed by atoms with van der Waals surface area (Å²) in [6, 6.07) is 4.02. The molecule has 0 bridgehead atoms. The van der Waals surface area contributed by atoms with Crippen LogP contribution in [0.15, 0.2) is 18.5 Å². The second kappa shape index (κ2) is 3.75. The molecule has 0 radical (unpaired) electrons. The maximum absolute atomic E-state index is 6.36. The minimum atomic E-state index is -1.61. The van der Waals surface area contributed by atoms with Gasteiger partial charge in [-0.1, -0.05) is 19.6 Å². The first-order valence-electron chi connectivity index (χ1n) is 5.16. The summed E-state index contributed by atoms with van der Waals surface area (Å²) in [6.07, 6.45) is 1.55. The lowest BCUT2D eigenvalue weighted by molar-refractivity contribution is 0.872. The van der Waals surface area contributed by atoms with Gasteiger partial charge in [0, 0.05) is 17.5 Å². The molecule has 2 rings (SSSR count). The lowest BCUT2D eigenvalue weighted by Crippen LogP contribution is -2.40. The Hall–Kier alpha value is -1.07. The number of aromatic nitrogens is 3. The molecule has 2 heterocycles. The highest BCUT2D eigenvalue weighted by molar-refractivity contribution is 6.86. The number of fused-ring (bicyclic) bond motifs is 1. The molecule has 0 atom stereocenters. The molecule has 2 aromatic heterocycles. The first-order chi connectivity index (χ1) is 7.41. The molecule has 0 spiro atoms. The smallest absolute Gasteiger partial charge is 0.169 e. The largest absolute Gasteiger partial charge is 0.297 e. The lowest BCUT2D eigenvalue weighted by atomic mass is 10.5. The molecule has 0 aliphatic heterocycles. The van der Waals surface area contributed by atoms with E-state index in [1.54, 1.807) is 10.4 Å². The van der Waals surface area contributed by atoms with Gasteiger partial charge in [0.1, 0.15) is 11.8 Å². The van der Waals surface area contributed by atoms with Crippen molar-refractivity contribution in [3.63, 3.8) is 0 Å². The first-order valence-corrected chi connectivity index (χ1v) is 8.95. The predicted molar refractivity (Wildman–Crippen MR) is 69.4 cm³/mol. The van der Waals surface area contributed by atoms with Crippen LogP contribution in [0.1, 0.15) is 5.69 Å². The summed E-state index contributed by atoms with van der Waals surface area (Å²) in [5, 5.41) is 4.20. The summed E-state index contributed by atoms with van der Waals surface area (Å²) in [4.78, 5) is 4.28. The summed E-state index contributed by atoms with van der Waals surface area (Å²) in [5.74, 6) is 0.795. The van der Waals surface area contributed by atoms with Crippen molar-refractivity contribution in [1.29, 1.82) is 0 Å². The van der Waals surface area contributed by atoms with E-state index in [0.717, 1.165) is 17.0 Å². The fourth-order valence-corrected chi connectivity index (χ4v) is 2.46. The van der Waals surface area contributed by atoms with Crippen LogP contribution in [0, 0.1) is 6.92 Å². The van der Waals surface area contributed by atoms with Crippen molar-refractivity contribution in [1.82, 2.24) is 14.6 Å². The molecule has 0 aromatic carbocycles. The molecular weight excluding hydrogens is 240 g/mol. The Labute approximate surface area is 101 Å². The van der Waals surface area contributed by atoms with Crippen molar-refractivity contribution in [3.8, 4) is 0 Å². The number of rotatable bonds is 2. The fourth-order valence-electron chi connectivity index (χ4n) is 1.52. The van der Waals surface area contributed by atoms with Crippen molar-refractivity contribution < 1.29 is 0 Å². The van der Waals surface area contributed by atoms with Crippen LogP contribution in [0.2, 0.25) is 19.6 Å². The zero-order chi connectivity index (χ0) is 11.9. The van der Waals surface area contributed by atoms with Gasteiger partial charge in [-0.2, -0.15) is 5.10 Å². The summed E-state index contributed by atoms with van der Waals surface area (Å²) in [6.45, 7) is 8.54. The third-order valence-electron chi connectivity index (χ3n) is 2.40. The lowest BCUT2D eigenvalue weighted by Gasteiger charge is -2.27. The number of anilines is 1. The quantitative estimate of drug-likeness (QED) is 0.610. The van der Waals surface area contributed by atoms with E-state index in [-0.39, 0.29) is 0 Å². The Morgan fingerprint density at radius 3 is 2.62 bits per heavy atom. The van der Waals surface area contributed by atoms with Gasteiger partial charge in [0.2, 0.25) is 0 Å². The van der Waals surface area contributed by atoms with Crippen LogP contribution < -0.4 is 4.08 Å². The molecule has 0 amide bonds. The normalized spacial score (nSPS) is 12.1. The van der Waals surface area contributed by atoms with Crippen molar-refractivity contribution >= 4 is 31.3 Å². The van der Waals surface area contributed by atoms with E-state index in [1.165, 1.54) is 0 Å². The van der Waals surface area contributed by atoms with E-state index >= 15 is 0 Å². The molecular formula is C10H15ClN4Si. The van der Waals surface area contributed by atoms with Gasteiger partial charge in [-0.3, -0.25) is 4.08 Å². The standard InChI is InChI=1S/C10H15ClN4Si/c1-8-5-6-9-10(12-7-13-14(8)9)15(11)16(2,3)4/h5-7H,1-4H3. The molecule has 0 aliphatic rings. The van der Waals surface area contributed by atoms with E-state index in [1.807, 2.05) is 23.6 Å². The van der Waals surface area contributed by atoms with Gasteiger partial charge in [-0.15, -0.1) is 0 Å². The molecule has 0 saturated carbocycles. The number of hydrogen-bond acceptors (Lipinski definition) is 3. The maximum atomic E-state index is 6.36. The zero-order valence-electron chi connectivity index (χ0n) is 9.90. The summed E-state index contributed by atoms with van der Waals surface area (Å²) in [7, 11) is -1.61. The molecule has 0 saturated heterocycles. The van der Waals surface area contributed by atoms with Gasteiger partial charge in [0.05, 0.1) is 0 Å². The van der Waals surface area contributed by atoms with Gasteiger partial charge < -0.3 is 0 Å². The maximum Gasteiger partial charge on any atom is 0.169 e. The topological polar surface area (TPSA) is 33.4 Å². The number of halogens is 1. The third-order valence-corrected chi connectivity index (χ3v) is 5.47. The SMILES string of the molecule is Cc1ccc2c(N(Cl)[Si](C)(C)C)ncnn12. The molecule has 4 nitrogen and oxygen atoms in total. The van der Waals surface area contributed by atoms with Crippen molar-refractivity contribution in [2.45, 2.75) is 26.6 Å². The Morgan fingerprint density at radius 2 is 2.00 bits per heavy atom. The Bertz CT molecular complexity index is 517. The van der Waals surface area contributed by atoms with Crippen LogP contribution in [0.5, 0.6) is 0 Å². The van der Waals surface area contributed by atoms with E-state index in [0.29, 0.717) is 0 Å². The van der Waals surface area contributed by atoms with Crippen LogP contribution in [0.4, 0.5) is 5.82 Å². The highest BCUT2D eigenvalue weighted by Crippen LogP contribution is 2.26. The number of aryl methyl sites for hydroxylation is 1. The molecule has 0 N–H and O–H groups in total. The van der Waals surface area contributed by atoms with Gasteiger partial charge >= 0.3 is 0 Å². The molecule has 0 aliphatic carbocycles. The van der Waals surface area contributed by atoms with Crippen LogP contribution in [-0.2, 0) is 0 Å². The van der Waals surface area contributed by atoms with Gasteiger partial charge in [-0.25, -0.2) is 9.50 Å². The molecule has 16 heavy (non-hydrogen) atoms. The Morgan fingerprint density at radius 1 is 1.31 bits per heavy atom. The minimum absolute atomic E-state index is 0.795. The van der Waals surface area contributed by atoms with Gasteiger partial charge in [-0.05, 0) is 19.1 Å². The van der Waals surface area contributed by atoms with E-state index in [4.69, 9.17) is 11.8 Å². The summed E-state index contributed by atoms with van der Waals surface area (Å²) >= 11 is 6.36. The van der Waals surface area contributed by atoms with E-state index in [2.05, 4.69) is 29.7 Å². The Balaban J connectivity index is 2.61. The fraction of sp³-hybridized carbons (Fsp3) is 0.400. The average Bonchev–Trinajstić information content (AvgIpc) is 2.58. The Kier molecular flexibility index (Phi) is 2.67. The minimum Gasteiger partial charge on any atom is -0.297 e. The van der Waals surface area contributed by atoms with Crippen molar-refractivity contribution in [3.05, 3.63) is 24.2 Å². The average molecular weight is 255 g/mol. The first kappa shape index (κ1) is 11.4.